The summed E-state index contributed by atoms with van der Waals surface area (Å²) in [6, 6.07) is 14.2. The highest BCUT2D eigenvalue weighted by Crippen LogP contribution is 2.26. The fraction of sp³-hybridized carbons (Fsp3) is 0.0952. The van der Waals surface area contributed by atoms with Crippen LogP contribution in [0.3, 0.4) is 0 Å². The molecule has 0 aliphatic rings. The van der Waals surface area contributed by atoms with Crippen molar-refractivity contribution in [1.82, 2.24) is 9.97 Å². The summed E-state index contributed by atoms with van der Waals surface area (Å²) in [6.07, 6.45) is 3.36. The number of nitrogens with one attached hydrogen (secondary N) is 1. The molecule has 0 atom stereocenters. The zero-order chi connectivity index (χ0) is 19.5. The second-order valence-electron chi connectivity index (χ2n) is 6.18. The minimum Gasteiger partial charge on any atom is -0.483 e. The van der Waals surface area contributed by atoms with Gasteiger partial charge < -0.3 is 14.5 Å². The molecule has 0 bridgehead atoms. The summed E-state index contributed by atoms with van der Waals surface area (Å²) < 4.78 is 11.3. The Labute approximate surface area is 166 Å². The van der Waals surface area contributed by atoms with Gasteiger partial charge in [0.2, 0.25) is 5.89 Å². The number of amides is 1. The molecule has 1 amide bonds. The van der Waals surface area contributed by atoms with Crippen LogP contribution in [0.4, 0.5) is 5.69 Å². The zero-order valence-electron chi connectivity index (χ0n) is 15.0. The first kappa shape index (κ1) is 18.0. The molecule has 0 spiro atoms. The van der Waals surface area contributed by atoms with E-state index in [1.165, 1.54) is 0 Å². The van der Waals surface area contributed by atoms with Crippen LogP contribution in [0, 0.1) is 6.92 Å². The predicted octanol–water partition coefficient (Wildman–Crippen LogP) is 4.87. The minimum absolute atomic E-state index is 0.110. The Morgan fingerprint density at radius 1 is 1.14 bits per heavy atom. The van der Waals surface area contributed by atoms with Gasteiger partial charge in [-0.2, -0.15) is 0 Å². The number of pyridine rings is 1. The normalized spacial score (nSPS) is 10.8. The SMILES string of the molecule is Cc1cc(Cl)ccc1OCC(=O)Nc1ccc2oc(-c3ccncc3)nc2c1. The third kappa shape index (κ3) is 3.97. The van der Waals surface area contributed by atoms with E-state index >= 15 is 0 Å². The monoisotopic (exact) mass is 393 g/mol. The summed E-state index contributed by atoms with van der Waals surface area (Å²) in [6.45, 7) is 1.76. The van der Waals surface area contributed by atoms with Crippen LogP contribution in [-0.2, 0) is 4.79 Å². The van der Waals surface area contributed by atoms with Crippen molar-refractivity contribution in [3.63, 3.8) is 0 Å². The van der Waals surface area contributed by atoms with Gasteiger partial charge in [0.15, 0.2) is 12.2 Å². The van der Waals surface area contributed by atoms with Crippen LogP contribution in [-0.4, -0.2) is 22.5 Å². The van der Waals surface area contributed by atoms with E-state index in [1.807, 2.05) is 19.1 Å². The van der Waals surface area contributed by atoms with E-state index in [2.05, 4.69) is 15.3 Å². The number of hydrogen-bond donors (Lipinski definition) is 1. The molecule has 7 heteroatoms. The van der Waals surface area contributed by atoms with Gasteiger partial charge >= 0.3 is 0 Å². The van der Waals surface area contributed by atoms with E-state index in [1.54, 1.807) is 48.8 Å². The molecule has 2 heterocycles. The minimum atomic E-state index is -0.272. The summed E-state index contributed by atoms with van der Waals surface area (Å²) in [5, 5.41) is 3.43. The first-order chi connectivity index (χ1) is 13.6. The molecule has 28 heavy (non-hydrogen) atoms. The van der Waals surface area contributed by atoms with Crippen molar-refractivity contribution in [1.29, 1.82) is 0 Å². The summed E-state index contributed by atoms with van der Waals surface area (Å²) in [5.41, 5.74) is 3.61. The molecule has 0 aliphatic heterocycles. The fourth-order valence-corrected chi connectivity index (χ4v) is 2.96. The molecule has 4 rings (SSSR count). The van der Waals surface area contributed by atoms with E-state index in [-0.39, 0.29) is 12.5 Å². The van der Waals surface area contributed by atoms with Crippen molar-refractivity contribution >= 4 is 34.3 Å². The van der Waals surface area contributed by atoms with Gasteiger partial charge in [0.05, 0.1) is 0 Å². The van der Waals surface area contributed by atoms with Crippen molar-refractivity contribution < 1.29 is 13.9 Å². The number of benzene rings is 2. The maximum absolute atomic E-state index is 12.2. The van der Waals surface area contributed by atoms with E-state index in [9.17, 15) is 4.79 Å². The lowest BCUT2D eigenvalue weighted by Gasteiger charge is -2.09. The van der Waals surface area contributed by atoms with Crippen LogP contribution < -0.4 is 10.1 Å². The lowest BCUT2D eigenvalue weighted by Crippen LogP contribution is -2.20. The number of halogens is 1. The lowest BCUT2D eigenvalue weighted by molar-refractivity contribution is -0.118. The van der Waals surface area contributed by atoms with Crippen LogP contribution in [0.15, 0.2) is 65.3 Å². The highest BCUT2D eigenvalue weighted by atomic mass is 35.5. The third-order valence-electron chi connectivity index (χ3n) is 4.09. The van der Waals surface area contributed by atoms with E-state index in [4.69, 9.17) is 20.8 Å². The molecule has 1 N–H and O–H groups in total. The number of fused-ring (bicyclic) bond motifs is 1. The van der Waals surface area contributed by atoms with E-state index in [0.29, 0.717) is 33.4 Å². The zero-order valence-corrected chi connectivity index (χ0v) is 15.7. The summed E-state index contributed by atoms with van der Waals surface area (Å²) in [7, 11) is 0. The van der Waals surface area contributed by atoms with Crippen LogP contribution in [0.2, 0.25) is 5.02 Å². The maximum Gasteiger partial charge on any atom is 0.262 e. The van der Waals surface area contributed by atoms with E-state index in [0.717, 1.165) is 11.1 Å². The molecule has 0 saturated heterocycles. The van der Waals surface area contributed by atoms with Gasteiger partial charge in [-0.05, 0) is 61.0 Å². The fourth-order valence-electron chi connectivity index (χ4n) is 2.74. The van der Waals surface area contributed by atoms with Gasteiger partial charge in [-0.1, -0.05) is 11.6 Å². The molecule has 0 aliphatic carbocycles. The number of rotatable bonds is 5. The van der Waals surface area contributed by atoms with Gasteiger partial charge in [-0.15, -0.1) is 0 Å². The molecule has 2 aromatic heterocycles. The number of carbonyl (C=O) groups is 1. The second kappa shape index (κ2) is 7.70. The van der Waals surface area contributed by atoms with Crippen molar-refractivity contribution in [2.24, 2.45) is 0 Å². The van der Waals surface area contributed by atoms with Gasteiger partial charge in [0.25, 0.3) is 5.91 Å². The van der Waals surface area contributed by atoms with Crippen LogP contribution in [0.5, 0.6) is 5.75 Å². The maximum atomic E-state index is 12.2. The molecule has 0 unspecified atom stereocenters. The van der Waals surface area contributed by atoms with Gasteiger partial charge in [0.1, 0.15) is 11.3 Å². The quantitative estimate of drug-likeness (QED) is 0.523. The van der Waals surface area contributed by atoms with Crippen LogP contribution in [0.1, 0.15) is 5.56 Å². The molecule has 4 aromatic rings. The molecular formula is C21H16ClN3O3. The predicted molar refractivity (Wildman–Crippen MR) is 108 cm³/mol. The standard InChI is InChI=1S/C21H16ClN3O3/c1-13-10-15(22)2-4-18(13)27-12-20(26)24-16-3-5-19-17(11-16)25-21(28-19)14-6-8-23-9-7-14/h2-11H,12H2,1H3,(H,24,26). The molecule has 2 aromatic carbocycles. The van der Waals surface area contributed by atoms with Crippen molar-refractivity contribution in [3.8, 4) is 17.2 Å². The number of hydrogen-bond acceptors (Lipinski definition) is 5. The summed E-state index contributed by atoms with van der Waals surface area (Å²) >= 11 is 5.92. The smallest absolute Gasteiger partial charge is 0.262 e. The number of carbonyl (C=O) groups excluding carboxylic acids is 1. The number of aromatic nitrogens is 2. The lowest BCUT2D eigenvalue weighted by atomic mass is 10.2. The number of aryl methyl sites for hydroxylation is 1. The van der Waals surface area contributed by atoms with Crippen LogP contribution in [0.25, 0.3) is 22.6 Å². The molecule has 0 fully saturated rings. The Morgan fingerprint density at radius 3 is 2.75 bits per heavy atom. The first-order valence-electron chi connectivity index (χ1n) is 8.58. The highest BCUT2D eigenvalue weighted by molar-refractivity contribution is 6.30. The Hall–Kier alpha value is -3.38. The van der Waals surface area contributed by atoms with Crippen molar-refractivity contribution in [2.45, 2.75) is 6.92 Å². The van der Waals surface area contributed by atoms with E-state index < -0.39 is 0 Å². The van der Waals surface area contributed by atoms with Crippen molar-refractivity contribution in [3.05, 3.63) is 71.5 Å². The topological polar surface area (TPSA) is 77.2 Å². The Kier molecular flexibility index (Phi) is 4.95. The van der Waals surface area contributed by atoms with Gasteiger partial charge in [-0.3, -0.25) is 9.78 Å². The molecule has 140 valence electrons. The molecular weight excluding hydrogens is 378 g/mol. The van der Waals surface area contributed by atoms with Crippen LogP contribution >= 0.6 is 11.6 Å². The molecule has 6 nitrogen and oxygen atoms in total. The average molecular weight is 394 g/mol. The Balaban J connectivity index is 1.44. The third-order valence-corrected chi connectivity index (χ3v) is 4.33. The Morgan fingerprint density at radius 2 is 1.96 bits per heavy atom. The second-order valence-corrected chi connectivity index (χ2v) is 6.62. The molecule has 0 radical (unpaired) electrons. The number of oxazole rings is 1. The number of nitrogens with zero attached hydrogens (tertiary/aromatic N) is 2. The average Bonchev–Trinajstić information content (AvgIpc) is 3.11. The largest absolute Gasteiger partial charge is 0.483 e. The highest BCUT2D eigenvalue weighted by Gasteiger charge is 2.11. The Bertz CT molecular complexity index is 1140. The number of anilines is 1. The van der Waals surface area contributed by atoms with Gasteiger partial charge in [-0.25, -0.2) is 4.98 Å². The summed E-state index contributed by atoms with van der Waals surface area (Å²) in [5.74, 6) is 0.850. The molecule has 0 saturated carbocycles. The van der Waals surface area contributed by atoms with Crippen molar-refractivity contribution in [2.75, 3.05) is 11.9 Å². The first-order valence-corrected chi connectivity index (χ1v) is 8.96. The van der Waals surface area contributed by atoms with Gasteiger partial charge in [0, 0.05) is 28.7 Å². The summed E-state index contributed by atoms with van der Waals surface area (Å²) in [4.78, 5) is 20.7. The number of ether oxygens (including phenoxy) is 1.